The summed E-state index contributed by atoms with van der Waals surface area (Å²) in [5, 5.41) is 5.48. The highest BCUT2D eigenvalue weighted by molar-refractivity contribution is 7.15. The first-order valence-corrected chi connectivity index (χ1v) is 10.6. The van der Waals surface area contributed by atoms with Gasteiger partial charge in [-0.1, -0.05) is 58.3 Å². The molecule has 0 saturated carbocycles. The average molecular weight is 454 g/mol. The van der Waals surface area contributed by atoms with E-state index in [2.05, 4.69) is 10.1 Å². The molecule has 0 aliphatic rings. The molecule has 0 atom stereocenters. The molecular weight excluding hydrogens is 441 g/mol. The maximum absolute atomic E-state index is 12.8. The van der Waals surface area contributed by atoms with E-state index in [1.54, 1.807) is 36.4 Å². The fourth-order valence-corrected chi connectivity index (χ4v) is 4.40. The second-order valence-electron chi connectivity index (χ2n) is 6.74. The van der Waals surface area contributed by atoms with E-state index in [1.165, 1.54) is 15.9 Å². The topological polar surface area (TPSA) is 60.4 Å². The van der Waals surface area contributed by atoms with Gasteiger partial charge in [0.2, 0.25) is 4.96 Å². The molecule has 3 aromatic heterocycles. The summed E-state index contributed by atoms with van der Waals surface area (Å²) in [7, 11) is 0. The molecule has 0 unspecified atom stereocenters. The molecule has 0 bridgehead atoms. The Morgan fingerprint density at radius 3 is 2.77 bits per heavy atom. The maximum atomic E-state index is 12.8. The lowest BCUT2D eigenvalue weighted by Gasteiger charge is -2.00. The largest absolute Gasteiger partial charge is 0.457 e. The molecule has 0 aliphatic carbocycles. The van der Waals surface area contributed by atoms with Gasteiger partial charge in [0.1, 0.15) is 16.1 Å². The number of hydrogen-bond acceptors (Lipinski definition) is 5. The van der Waals surface area contributed by atoms with Crippen LogP contribution in [-0.2, 0) is 0 Å². The minimum Gasteiger partial charge on any atom is -0.457 e. The number of halogens is 2. The van der Waals surface area contributed by atoms with Crippen LogP contribution in [0.5, 0.6) is 0 Å². The molecule has 5 aromatic rings. The summed E-state index contributed by atoms with van der Waals surface area (Å²) < 4.78 is 7.67. The Labute approximate surface area is 184 Å². The molecule has 30 heavy (non-hydrogen) atoms. The van der Waals surface area contributed by atoms with Gasteiger partial charge < -0.3 is 4.42 Å². The van der Waals surface area contributed by atoms with Crippen molar-refractivity contribution >= 4 is 45.6 Å². The lowest BCUT2D eigenvalue weighted by atomic mass is 10.1. The summed E-state index contributed by atoms with van der Waals surface area (Å²) in [6.07, 6.45) is 1.68. The van der Waals surface area contributed by atoms with Crippen molar-refractivity contribution in [3.8, 4) is 22.7 Å². The Balaban J connectivity index is 1.53. The van der Waals surface area contributed by atoms with E-state index in [0.29, 0.717) is 42.4 Å². The van der Waals surface area contributed by atoms with E-state index in [0.717, 1.165) is 11.1 Å². The van der Waals surface area contributed by atoms with Crippen molar-refractivity contribution in [1.82, 2.24) is 14.6 Å². The molecule has 2 aromatic carbocycles. The van der Waals surface area contributed by atoms with Crippen LogP contribution in [0.1, 0.15) is 11.3 Å². The number of thiazole rings is 1. The Morgan fingerprint density at radius 1 is 1.10 bits per heavy atom. The first kappa shape index (κ1) is 19.1. The Hall–Kier alpha value is -2.93. The minimum absolute atomic E-state index is 0.236. The second kappa shape index (κ2) is 7.40. The predicted octanol–water partition coefficient (Wildman–Crippen LogP) is 5.24. The van der Waals surface area contributed by atoms with Gasteiger partial charge >= 0.3 is 0 Å². The standard InChI is InChI=1S/C22H13Cl2N3O2S/c1-12-3-2-4-13(9-12)20-25-22-27(26-20)21(28)19(30-22)11-15-6-8-18(29-15)16-10-14(23)5-7-17(16)24/h2-11H,1H3/b19-11+. The van der Waals surface area contributed by atoms with E-state index in [9.17, 15) is 4.79 Å². The van der Waals surface area contributed by atoms with Crippen molar-refractivity contribution in [2.45, 2.75) is 6.92 Å². The van der Waals surface area contributed by atoms with Gasteiger partial charge in [-0.15, -0.1) is 5.10 Å². The lowest BCUT2D eigenvalue weighted by molar-refractivity contribution is 0.571. The third-order valence-electron chi connectivity index (χ3n) is 4.55. The zero-order valence-corrected chi connectivity index (χ0v) is 17.9. The second-order valence-corrected chi connectivity index (χ2v) is 8.59. The molecule has 8 heteroatoms. The van der Waals surface area contributed by atoms with E-state index >= 15 is 0 Å². The SMILES string of the molecule is Cc1cccc(-c2nc3s/c(=C/c4ccc(-c5cc(Cl)ccc5Cl)o4)c(=O)n3n2)c1. The van der Waals surface area contributed by atoms with Crippen LogP contribution < -0.4 is 10.1 Å². The molecule has 0 fully saturated rings. The van der Waals surface area contributed by atoms with Crippen LogP contribution in [0, 0.1) is 6.92 Å². The van der Waals surface area contributed by atoms with Gasteiger partial charge in [0, 0.05) is 22.2 Å². The molecule has 148 valence electrons. The highest BCUT2D eigenvalue weighted by Crippen LogP contribution is 2.32. The highest BCUT2D eigenvalue weighted by Gasteiger charge is 2.13. The molecule has 5 rings (SSSR count). The first-order valence-electron chi connectivity index (χ1n) is 9.01. The highest BCUT2D eigenvalue weighted by atomic mass is 35.5. The number of aryl methyl sites for hydroxylation is 1. The number of aromatic nitrogens is 3. The van der Waals surface area contributed by atoms with Crippen LogP contribution in [0.25, 0.3) is 33.7 Å². The lowest BCUT2D eigenvalue weighted by Crippen LogP contribution is -2.23. The van der Waals surface area contributed by atoms with E-state index < -0.39 is 0 Å². The minimum atomic E-state index is -0.236. The zero-order chi connectivity index (χ0) is 20.8. The number of benzene rings is 2. The number of nitrogens with zero attached hydrogens (tertiary/aromatic N) is 3. The quantitative estimate of drug-likeness (QED) is 0.374. The molecule has 0 saturated heterocycles. The van der Waals surface area contributed by atoms with Gasteiger partial charge in [-0.25, -0.2) is 0 Å². The fraction of sp³-hybridized carbons (Fsp3) is 0.0455. The van der Waals surface area contributed by atoms with Gasteiger partial charge in [-0.3, -0.25) is 4.79 Å². The van der Waals surface area contributed by atoms with Crippen molar-refractivity contribution in [1.29, 1.82) is 0 Å². The van der Waals surface area contributed by atoms with Crippen LogP contribution in [0.3, 0.4) is 0 Å². The molecule has 0 aliphatic heterocycles. The van der Waals surface area contributed by atoms with E-state index in [1.807, 2.05) is 31.2 Å². The monoisotopic (exact) mass is 453 g/mol. The average Bonchev–Trinajstić information content (AvgIpc) is 3.42. The normalized spacial score (nSPS) is 12.2. The summed E-state index contributed by atoms with van der Waals surface area (Å²) in [6.45, 7) is 2.00. The molecule has 0 spiro atoms. The molecule has 0 amide bonds. The van der Waals surface area contributed by atoms with Crippen LogP contribution in [-0.4, -0.2) is 14.6 Å². The molecule has 0 N–H and O–H groups in total. The zero-order valence-electron chi connectivity index (χ0n) is 15.6. The molecule has 3 heterocycles. The number of hydrogen-bond donors (Lipinski definition) is 0. The van der Waals surface area contributed by atoms with E-state index in [-0.39, 0.29) is 5.56 Å². The molecule has 5 nitrogen and oxygen atoms in total. The van der Waals surface area contributed by atoms with Gasteiger partial charge in [0.25, 0.3) is 5.56 Å². The maximum Gasteiger partial charge on any atom is 0.291 e. The summed E-state index contributed by atoms with van der Waals surface area (Å²) >= 11 is 13.6. The van der Waals surface area contributed by atoms with Gasteiger partial charge in [0.05, 0.1) is 5.02 Å². The third-order valence-corrected chi connectivity index (χ3v) is 6.08. The molecule has 0 radical (unpaired) electrons. The van der Waals surface area contributed by atoms with Crippen LogP contribution in [0.4, 0.5) is 0 Å². The van der Waals surface area contributed by atoms with Gasteiger partial charge in [-0.05, 0) is 43.3 Å². The van der Waals surface area contributed by atoms with Crippen LogP contribution in [0.15, 0.2) is 63.8 Å². The van der Waals surface area contributed by atoms with Crippen molar-refractivity contribution in [2.24, 2.45) is 0 Å². The number of rotatable bonds is 3. The smallest absolute Gasteiger partial charge is 0.291 e. The summed E-state index contributed by atoms with van der Waals surface area (Å²) in [5.74, 6) is 1.63. The van der Waals surface area contributed by atoms with Crippen LogP contribution in [0.2, 0.25) is 10.0 Å². The summed E-state index contributed by atoms with van der Waals surface area (Å²) in [6, 6.07) is 16.6. The Kier molecular flexibility index (Phi) is 4.70. The van der Waals surface area contributed by atoms with Crippen LogP contribution >= 0.6 is 34.5 Å². The third kappa shape index (κ3) is 3.43. The molecular formula is C22H13Cl2N3O2S. The van der Waals surface area contributed by atoms with Crippen molar-refractivity contribution in [3.63, 3.8) is 0 Å². The van der Waals surface area contributed by atoms with Gasteiger partial charge in [0.15, 0.2) is 5.82 Å². The summed E-state index contributed by atoms with van der Waals surface area (Å²) in [4.78, 5) is 17.8. The summed E-state index contributed by atoms with van der Waals surface area (Å²) in [5.41, 5.74) is 2.44. The Bertz CT molecular complexity index is 1520. The fourth-order valence-electron chi connectivity index (χ4n) is 3.13. The van der Waals surface area contributed by atoms with Crippen molar-refractivity contribution in [2.75, 3.05) is 0 Å². The predicted molar refractivity (Wildman–Crippen MR) is 120 cm³/mol. The Morgan fingerprint density at radius 2 is 1.97 bits per heavy atom. The van der Waals surface area contributed by atoms with E-state index in [4.69, 9.17) is 27.6 Å². The number of furan rings is 1. The first-order chi connectivity index (χ1) is 14.5. The van der Waals surface area contributed by atoms with Gasteiger partial charge in [-0.2, -0.15) is 9.50 Å². The van der Waals surface area contributed by atoms with Crippen molar-refractivity contribution < 1.29 is 4.42 Å². The van der Waals surface area contributed by atoms with Crippen molar-refractivity contribution in [3.05, 3.63) is 90.9 Å². The number of fused-ring (bicyclic) bond motifs is 1.